The lowest BCUT2D eigenvalue weighted by atomic mass is 10.2. The lowest BCUT2D eigenvalue weighted by Gasteiger charge is -2.14. The van der Waals surface area contributed by atoms with Crippen molar-refractivity contribution < 1.29 is 28.6 Å². The number of carbonyl (C=O) groups excluding carboxylic acids is 1. The number of hydrogen-bond donors (Lipinski definition) is 3. The zero-order valence-electron chi connectivity index (χ0n) is 16.5. The highest BCUT2D eigenvalue weighted by Crippen LogP contribution is 2.34. The second-order valence-electron chi connectivity index (χ2n) is 6.73. The highest BCUT2D eigenvalue weighted by molar-refractivity contribution is 7.60. The molecule has 0 aliphatic carbocycles. The van der Waals surface area contributed by atoms with Crippen LogP contribution in [0.2, 0.25) is 0 Å². The van der Waals surface area contributed by atoms with Crippen LogP contribution in [0.15, 0.2) is 48.7 Å². The molecule has 3 N–H and O–H groups in total. The third kappa shape index (κ3) is 5.90. The van der Waals surface area contributed by atoms with E-state index in [-0.39, 0.29) is 17.3 Å². The first kappa shape index (κ1) is 22.0. The molecular formula is C20H21N2O6PS. The molecule has 158 valence electrons. The maximum absolute atomic E-state index is 12.7. The molecule has 0 saturated heterocycles. The fraction of sp³-hybridized carbons (Fsp3) is 0.200. The van der Waals surface area contributed by atoms with Crippen molar-refractivity contribution in [1.29, 1.82) is 0 Å². The molecule has 0 fully saturated rings. The van der Waals surface area contributed by atoms with Crippen molar-refractivity contribution in [2.24, 2.45) is 0 Å². The van der Waals surface area contributed by atoms with E-state index in [0.717, 1.165) is 4.88 Å². The van der Waals surface area contributed by atoms with Gasteiger partial charge in [-0.15, -0.1) is 11.3 Å². The molecule has 0 radical (unpaired) electrons. The Bertz CT molecular complexity index is 1090. The summed E-state index contributed by atoms with van der Waals surface area (Å²) in [7, 11) is -4.33. The van der Waals surface area contributed by atoms with E-state index >= 15 is 0 Å². The van der Waals surface area contributed by atoms with Crippen LogP contribution in [-0.2, 0) is 4.57 Å². The molecule has 0 spiro atoms. The van der Waals surface area contributed by atoms with Gasteiger partial charge in [-0.05, 0) is 57.2 Å². The lowest BCUT2D eigenvalue weighted by Crippen LogP contribution is -2.13. The molecule has 3 rings (SSSR count). The van der Waals surface area contributed by atoms with Gasteiger partial charge in [-0.2, -0.15) is 0 Å². The predicted molar refractivity (Wildman–Crippen MR) is 115 cm³/mol. The first-order chi connectivity index (χ1) is 14.1. The van der Waals surface area contributed by atoms with Crippen molar-refractivity contribution >= 4 is 35.3 Å². The van der Waals surface area contributed by atoms with E-state index in [2.05, 4.69) is 10.3 Å². The van der Waals surface area contributed by atoms with Crippen molar-refractivity contribution in [2.75, 3.05) is 5.32 Å². The van der Waals surface area contributed by atoms with Crippen molar-refractivity contribution in [3.8, 4) is 17.2 Å². The van der Waals surface area contributed by atoms with E-state index in [9.17, 15) is 19.1 Å². The molecule has 10 heteroatoms. The number of nitrogens with one attached hydrogen (secondary N) is 1. The molecule has 1 heterocycles. The van der Waals surface area contributed by atoms with E-state index in [1.807, 2.05) is 20.8 Å². The summed E-state index contributed by atoms with van der Waals surface area (Å²) in [4.78, 5) is 36.2. The van der Waals surface area contributed by atoms with Crippen LogP contribution in [0.25, 0.3) is 0 Å². The highest BCUT2D eigenvalue weighted by Gasteiger charge is 2.17. The summed E-state index contributed by atoms with van der Waals surface area (Å²) in [5, 5.41) is 3.13. The third-order valence-corrected chi connectivity index (χ3v) is 5.56. The normalized spacial score (nSPS) is 11.4. The summed E-state index contributed by atoms with van der Waals surface area (Å²) < 4.78 is 22.8. The number of thiazole rings is 1. The zero-order valence-corrected chi connectivity index (χ0v) is 18.2. The van der Waals surface area contributed by atoms with Crippen LogP contribution in [0.1, 0.15) is 29.1 Å². The van der Waals surface area contributed by atoms with E-state index in [0.29, 0.717) is 27.9 Å². The van der Waals surface area contributed by atoms with Crippen LogP contribution in [0.5, 0.6) is 17.2 Å². The number of ether oxygens (including phenoxy) is 2. The number of aromatic nitrogens is 1. The molecular weight excluding hydrogens is 427 g/mol. The van der Waals surface area contributed by atoms with Crippen molar-refractivity contribution in [1.82, 2.24) is 4.98 Å². The largest absolute Gasteiger partial charge is 0.491 e. The quantitative estimate of drug-likeness (QED) is 0.466. The molecule has 1 amide bonds. The van der Waals surface area contributed by atoms with Crippen LogP contribution < -0.4 is 20.1 Å². The van der Waals surface area contributed by atoms with Crippen LogP contribution in [-0.4, -0.2) is 26.8 Å². The third-order valence-electron chi connectivity index (χ3n) is 3.76. The Balaban J connectivity index is 1.86. The molecule has 1 aromatic heterocycles. The molecule has 30 heavy (non-hydrogen) atoms. The van der Waals surface area contributed by atoms with E-state index in [4.69, 9.17) is 9.47 Å². The van der Waals surface area contributed by atoms with Crippen LogP contribution >= 0.6 is 18.9 Å². The van der Waals surface area contributed by atoms with Gasteiger partial charge in [-0.3, -0.25) is 14.7 Å². The van der Waals surface area contributed by atoms with Gasteiger partial charge in [0, 0.05) is 22.7 Å². The number of amides is 1. The minimum absolute atomic E-state index is 0.106. The smallest absolute Gasteiger partial charge is 0.356 e. The standard InChI is InChI=1S/C20H21N2O6PS/c1-12(2)27-16-8-14(19(23)22-20-21-11-13(3)30-20)9-17(10-16)28-15-4-6-18(7-5-15)29(24,25)26/h4-12H,1-3H3,(H,21,22,23)(H2,24,25,26). The van der Waals surface area contributed by atoms with Gasteiger partial charge in [0.05, 0.1) is 11.4 Å². The molecule has 0 aliphatic rings. The van der Waals surface area contributed by atoms with Crippen LogP contribution in [0, 0.1) is 6.92 Å². The van der Waals surface area contributed by atoms with Gasteiger partial charge in [0.1, 0.15) is 17.2 Å². The molecule has 3 aromatic rings. The summed E-state index contributed by atoms with van der Waals surface area (Å²) in [5.41, 5.74) is 0.322. The number of aryl methyl sites for hydroxylation is 1. The first-order valence-electron chi connectivity index (χ1n) is 9.00. The first-order valence-corrected chi connectivity index (χ1v) is 11.4. The Morgan fingerprint density at radius 2 is 1.77 bits per heavy atom. The second-order valence-corrected chi connectivity index (χ2v) is 9.57. The van der Waals surface area contributed by atoms with Gasteiger partial charge in [0.2, 0.25) is 0 Å². The minimum Gasteiger partial charge on any atom is -0.491 e. The maximum Gasteiger partial charge on any atom is 0.356 e. The summed E-state index contributed by atoms with van der Waals surface area (Å²) in [6.07, 6.45) is 1.56. The SMILES string of the molecule is Cc1cnc(NC(=O)c2cc(Oc3ccc(P(=O)(O)O)cc3)cc(OC(C)C)c2)s1. The number of anilines is 1. The Morgan fingerprint density at radius 3 is 2.33 bits per heavy atom. The zero-order chi connectivity index (χ0) is 21.9. The van der Waals surface area contributed by atoms with E-state index in [1.165, 1.54) is 35.6 Å². The topological polar surface area (TPSA) is 118 Å². The van der Waals surface area contributed by atoms with Crippen molar-refractivity contribution in [3.63, 3.8) is 0 Å². The molecule has 8 nitrogen and oxygen atoms in total. The fourth-order valence-corrected chi connectivity index (χ4v) is 3.73. The van der Waals surface area contributed by atoms with Gasteiger partial charge in [0.15, 0.2) is 5.13 Å². The van der Waals surface area contributed by atoms with Gasteiger partial charge in [-0.1, -0.05) is 0 Å². The second kappa shape index (κ2) is 8.97. The number of carbonyl (C=O) groups is 1. The number of hydrogen-bond acceptors (Lipinski definition) is 6. The highest BCUT2D eigenvalue weighted by atomic mass is 32.1. The minimum atomic E-state index is -4.33. The van der Waals surface area contributed by atoms with E-state index < -0.39 is 7.60 Å². The Labute approximate surface area is 177 Å². The van der Waals surface area contributed by atoms with Gasteiger partial charge in [-0.25, -0.2) is 4.98 Å². The molecule has 0 unspecified atom stereocenters. The summed E-state index contributed by atoms with van der Waals surface area (Å²) in [6.45, 7) is 5.63. The molecule has 0 saturated carbocycles. The van der Waals surface area contributed by atoms with Crippen molar-refractivity contribution in [2.45, 2.75) is 26.9 Å². The molecule has 0 bridgehead atoms. The average Bonchev–Trinajstić information content (AvgIpc) is 3.05. The number of rotatable bonds is 7. The molecule has 2 aromatic carbocycles. The Kier molecular flexibility index (Phi) is 6.58. The Morgan fingerprint density at radius 1 is 1.10 bits per heavy atom. The predicted octanol–water partition coefficient (Wildman–Crippen LogP) is 4.09. The number of nitrogens with zero attached hydrogens (tertiary/aromatic N) is 1. The number of benzene rings is 2. The monoisotopic (exact) mass is 448 g/mol. The average molecular weight is 448 g/mol. The maximum atomic E-state index is 12.7. The van der Waals surface area contributed by atoms with Gasteiger partial charge in [0.25, 0.3) is 5.91 Å². The molecule has 0 atom stereocenters. The summed E-state index contributed by atoms with van der Waals surface area (Å²) in [6, 6.07) is 10.3. The summed E-state index contributed by atoms with van der Waals surface area (Å²) >= 11 is 1.37. The van der Waals surface area contributed by atoms with Crippen LogP contribution in [0.3, 0.4) is 0 Å². The van der Waals surface area contributed by atoms with Crippen molar-refractivity contribution in [3.05, 3.63) is 59.1 Å². The fourth-order valence-electron chi connectivity index (χ4n) is 2.53. The van der Waals surface area contributed by atoms with E-state index in [1.54, 1.807) is 24.4 Å². The van der Waals surface area contributed by atoms with Gasteiger partial charge < -0.3 is 19.3 Å². The lowest BCUT2D eigenvalue weighted by molar-refractivity contribution is 0.102. The van der Waals surface area contributed by atoms with Gasteiger partial charge >= 0.3 is 7.60 Å². The Hall–Kier alpha value is -2.71. The summed E-state index contributed by atoms with van der Waals surface area (Å²) in [5.74, 6) is 0.795. The molecule has 0 aliphatic heterocycles. The van der Waals surface area contributed by atoms with Crippen LogP contribution in [0.4, 0.5) is 5.13 Å².